The summed E-state index contributed by atoms with van der Waals surface area (Å²) in [6, 6.07) is 2.01. The van der Waals surface area contributed by atoms with Gasteiger partial charge in [0, 0.05) is 51.2 Å². The van der Waals surface area contributed by atoms with Crippen LogP contribution in [-0.2, 0) is 6.54 Å². The molecule has 3 heterocycles. The first-order chi connectivity index (χ1) is 10.7. The molecule has 3 rings (SSSR count). The third-order valence-corrected chi connectivity index (χ3v) is 4.70. The first-order valence-corrected chi connectivity index (χ1v) is 8.50. The van der Waals surface area contributed by atoms with Crippen LogP contribution >= 0.6 is 11.3 Å². The molecule has 6 nitrogen and oxygen atoms in total. The molecule has 2 aromatic rings. The van der Waals surface area contributed by atoms with E-state index in [0.29, 0.717) is 0 Å². The zero-order valence-electron chi connectivity index (χ0n) is 13.1. The molecular formula is C15H22N6S. The Bertz CT molecular complexity index is 614. The minimum atomic E-state index is 0.865. The fraction of sp³-hybridized carbons (Fsp3) is 0.533. The Balaban J connectivity index is 1.61. The van der Waals surface area contributed by atoms with E-state index in [-0.39, 0.29) is 0 Å². The lowest BCUT2D eigenvalue weighted by atomic mass is 10.3. The molecule has 1 aliphatic heterocycles. The standard InChI is InChI=1S/C15H22N6S/c1-12-19-13(10-22-12)9-20-4-3-5-21(7-6-20)15-8-14(16-2)17-11-18-15/h8,10-11H,3-7,9H2,1-2H3,(H,16,17,18). The molecule has 0 unspecified atom stereocenters. The van der Waals surface area contributed by atoms with E-state index in [1.807, 2.05) is 13.1 Å². The van der Waals surface area contributed by atoms with E-state index in [0.717, 1.165) is 55.8 Å². The summed E-state index contributed by atoms with van der Waals surface area (Å²) >= 11 is 1.73. The van der Waals surface area contributed by atoms with E-state index < -0.39 is 0 Å². The van der Waals surface area contributed by atoms with Crippen molar-refractivity contribution in [3.05, 3.63) is 28.5 Å². The highest BCUT2D eigenvalue weighted by atomic mass is 32.1. The lowest BCUT2D eigenvalue weighted by molar-refractivity contribution is 0.282. The number of rotatable bonds is 4. The van der Waals surface area contributed by atoms with Crippen LogP contribution in [0.25, 0.3) is 0 Å². The van der Waals surface area contributed by atoms with Crippen molar-refractivity contribution in [1.82, 2.24) is 19.9 Å². The largest absolute Gasteiger partial charge is 0.373 e. The quantitative estimate of drug-likeness (QED) is 0.930. The molecule has 1 saturated heterocycles. The van der Waals surface area contributed by atoms with Gasteiger partial charge in [0.25, 0.3) is 0 Å². The van der Waals surface area contributed by atoms with Gasteiger partial charge in [0.2, 0.25) is 0 Å². The third-order valence-electron chi connectivity index (χ3n) is 3.87. The number of nitrogens with zero attached hydrogens (tertiary/aromatic N) is 5. The number of nitrogens with one attached hydrogen (secondary N) is 1. The zero-order chi connectivity index (χ0) is 15.4. The van der Waals surface area contributed by atoms with E-state index in [2.05, 4.69) is 42.4 Å². The average Bonchev–Trinajstić information content (AvgIpc) is 2.81. The molecule has 1 aliphatic rings. The van der Waals surface area contributed by atoms with Crippen LogP contribution in [-0.4, -0.2) is 53.1 Å². The normalized spacial score (nSPS) is 16.5. The maximum Gasteiger partial charge on any atom is 0.134 e. The van der Waals surface area contributed by atoms with Crippen molar-refractivity contribution in [3.8, 4) is 0 Å². The molecule has 1 fully saturated rings. The topological polar surface area (TPSA) is 57.2 Å². The Kier molecular flexibility index (Phi) is 4.84. The highest BCUT2D eigenvalue weighted by molar-refractivity contribution is 7.09. The predicted molar refractivity (Wildman–Crippen MR) is 90.5 cm³/mol. The van der Waals surface area contributed by atoms with Crippen LogP contribution in [0.4, 0.5) is 11.6 Å². The Hall–Kier alpha value is -1.73. The van der Waals surface area contributed by atoms with Gasteiger partial charge < -0.3 is 10.2 Å². The monoisotopic (exact) mass is 318 g/mol. The average molecular weight is 318 g/mol. The first-order valence-electron chi connectivity index (χ1n) is 7.62. The van der Waals surface area contributed by atoms with Gasteiger partial charge in [-0.15, -0.1) is 11.3 Å². The molecule has 118 valence electrons. The minimum Gasteiger partial charge on any atom is -0.373 e. The molecule has 0 saturated carbocycles. The van der Waals surface area contributed by atoms with E-state index in [1.54, 1.807) is 17.7 Å². The predicted octanol–water partition coefficient (Wildman–Crippen LogP) is 2.00. The second-order valence-electron chi connectivity index (χ2n) is 5.49. The molecule has 0 amide bonds. The molecule has 0 aromatic carbocycles. The Morgan fingerprint density at radius 3 is 2.91 bits per heavy atom. The summed E-state index contributed by atoms with van der Waals surface area (Å²) in [4.78, 5) is 18.0. The third kappa shape index (κ3) is 3.72. The zero-order valence-corrected chi connectivity index (χ0v) is 13.9. The van der Waals surface area contributed by atoms with Gasteiger partial charge in [-0.05, 0) is 13.3 Å². The SMILES string of the molecule is CNc1cc(N2CCCN(Cc3csc(C)n3)CC2)ncn1. The number of hydrogen-bond donors (Lipinski definition) is 1. The van der Waals surface area contributed by atoms with Crippen molar-refractivity contribution >= 4 is 23.0 Å². The minimum absolute atomic E-state index is 0.865. The molecular weight excluding hydrogens is 296 g/mol. The van der Waals surface area contributed by atoms with Crippen molar-refractivity contribution in [2.75, 3.05) is 43.4 Å². The van der Waals surface area contributed by atoms with Crippen LogP contribution in [0.3, 0.4) is 0 Å². The first kappa shape index (κ1) is 15.2. The summed E-state index contributed by atoms with van der Waals surface area (Å²) in [6.45, 7) is 7.18. The molecule has 0 atom stereocenters. The number of anilines is 2. The van der Waals surface area contributed by atoms with Gasteiger partial charge in [-0.25, -0.2) is 15.0 Å². The van der Waals surface area contributed by atoms with Crippen LogP contribution in [0.1, 0.15) is 17.1 Å². The highest BCUT2D eigenvalue weighted by Gasteiger charge is 2.17. The van der Waals surface area contributed by atoms with Crippen molar-refractivity contribution in [2.24, 2.45) is 0 Å². The van der Waals surface area contributed by atoms with Crippen LogP contribution in [0.15, 0.2) is 17.8 Å². The fourth-order valence-corrected chi connectivity index (χ4v) is 3.33. The van der Waals surface area contributed by atoms with Crippen LogP contribution in [0, 0.1) is 6.92 Å². The molecule has 0 bridgehead atoms. The maximum atomic E-state index is 4.57. The Morgan fingerprint density at radius 2 is 2.14 bits per heavy atom. The van der Waals surface area contributed by atoms with E-state index in [4.69, 9.17) is 0 Å². The molecule has 2 aromatic heterocycles. The summed E-state index contributed by atoms with van der Waals surface area (Å²) in [7, 11) is 1.88. The van der Waals surface area contributed by atoms with Gasteiger partial charge in [-0.2, -0.15) is 0 Å². The Morgan fingerprint density at radius 1 is 1.23 bits per heavy atom. The summed E-state index contributed by atoms with van der Waals surface area (Å²) in [5.74, 6) is 1.87. The summed E-state index contributed by atoms with van der Waals surface area (Å²) in [5, 5.41) is 6.38. The van der Waals surface area contributed by atoms with Gasteiger partial charge in [0.15, 0.2) is 0 Å². The molecule has 1 N–H and O–H groups in total. The molecule has 7 heteroatoms. The summed E-state index contributed by atoms with van der Waals surface area (Å²) in [6.07, 6.45) is 2.77. The van der Waals surface area contributed by atoms with Crippen molar-refractivity contribution in [3.63, 3.8) is 0 Å². The van der Waals surface area contributed by atoms with Crippen LogP contribution in [0.5, 0.6) is 0 Å². The lowest BCUT2D eigenvalue weighted by Crippen LogP contribution is -2.31. The number of aryl methyl sites for hydroxylation is 1. The van der Waals surface area contributed by atoms with Gasteiger partial charge in [0.05, 0.1) is 10.7 Å². The van der Waals surface area contributed by atoms with Crippen LogP contribution < -0.4 is 10.2 Å². The molecule has 0 radical (unpaired) electrons. The summed E-state index contributed by atoms with van der Waals surface area (Å²) in [5.41, 5.74) is 1.19. The fourth-order valence-electron chi connectivity index (χ4n) is 2.72. The maximum absolute atomic E-state index is 4.57. The second kappa shape index (κ2) is 7.02. The Labute approximate surface area is 135 Å². The second-order valence-corrected chi connectivity index (χ2v) is 6.55. The molecule has 0 aliphatic carbocycles. The van der Waals surface area contributed by atoms with Gasteiger partial charge in [-0.1, -0.05) is 0 Å². The van der Waals surface area contributed by atoms with Crippen molar-refractivity contribution in [1.29, 1.82) is 0 Å². The number of thiazole rings is 1. The number of aromatic nitrogens is 3. The van der Waals surface area contributed by atoms with Gasteiger partial charge in [0.1, 0.15) is 18.0 Å². The van der Waals surface area contributed by atoms with E-state index >= 15 is 0 Å². The van der Waals surface area contributed by atoms with E-state index in [1.165, 1.54) is 5.69 Å². The van der Waals surface area contributed by atoms with E-state index in [9.17, 15) is 0 Å². The van der Waals surface area contributed by atoms with Crippen molar-refractivity contribution in [2.45, 2.75) is 19.9 Å². The molecule has 22 heavy (non-hydrogen) atoms. The highest BCUT2D eigenvalue weighted by Crippen LogP contribution is 2.17. The smallest absolute Gasteiger partial charge is 0.134 e. The van der Waals surface area contributed by atoms with Crippen molar-refractivity contribution < 1.29 is 0 Å². The van der Waals surface area contributed by atoms with Gasteiger partial charge >= 0.3 is 0 Å². The molecule has 0 spiro atoms. The summed E-state index contributed by atoms with van der Waals surface area (Å²) < 4.78 is 0. The van der Waals surface area contributed by atoms with Crippen LogP contribution in [0.2, 0.25) is 0 Å². The lowest BCUT2D eigenvalue weighted by Gasteiger charge is -2.22. The van der Waals surface area contributed by atoms with Gasteiger partial charge in [-0.3, -0.25) is 4.90 Å². The number of hydrogen-bond acceptors (Lipinski definition) is 7.